The fraction of sp³-hybridized carbons (Fsp3) is 0.605. The van der Waals surface area contributed by atoms with Crippen molar-refractivity contribution < 1.29 is 63.8 Å². The lowest BCUT2D eigenvalue weighted by molar-refractivity contribution is -0.197. The number of allylic oxidation sites excluding steroid dienone is 1. The summed E-state index contributed by atoms with van der Waals surface area (Å²) in [5.74, 6) is -3.88. The molecule has 1 aromatic heterocycles. The van der Waals surface area contributed by atoms with Crippen molar-refractivity contribution in [2.24, 2.45) is 17.8 Å². The average molecular weight is 844 g/mol. The van der Waals surface area contributed by atoms with Crippen LogP contribution in [0.3, 0.4) is 0 Å². The first-order valence-corrected chi connectivity index (χ1v) is 20.7. The minimum Gasteiger partial charge on any atom is -0.485 e. The molecule has 20 heteroatoms. The summed E-state index contributed by atoms with van der Waals surface area (Å²) in [6.07, 6.45) is -5.79. The first-order chi connectivity index (χ1) is 27.3. The first-order valence-electron chi connectivity index (χ1n) is 19.1. The number of nitrogens with one attached hydrogen (secondary N) is 3. The molecule has 0 bridgehead atoms. The normalized spacial score (nSPS) is 29.2. The third kappa shape index (κ3) is 9.74. The zero-order valence-electron chi connectivity index (χ0n) is 32.0. The molecule has 1 saturated heterocycles. The summed E-state index contributed by atoms with van der Waals surface area (Å²) in [6.45, 7) is 2.99. The molecule has 1 unspecified atom stereocenters. The van der Waals surface area contributed by atoms with Gasteiger partial charge in [0, 0.05) is 23.1 Å². The van der Waals surface area contributed by atoms with Gasteiger partial charge in [0.15, 0.2) is 6.10 Å². The molecule has 1 aromatic carbocycles. The Bertz CT molecular complexity index is 2030. The number of benzene rings is 1. The third-order valence-electron chi connectivity index (χ3n) is 11.0. The van der Waals surface area contributed by atoms with E-state index in [2.05, 4.69) is 25.1 Å². The number of aromatic nitrogens is 1. The summed E-state index contributed by atoms with van der Waals surface area (Å²) < 4.78 is 110. The molecule has 0 spiro atoms. The maximum Gasteiger partial charge on any atom is 0.425 e. The van der Waals surface area contributed by atoms with E-state index in [0.29, 0.717) is 49.8 Å². The van der Waals surface area contributed by atoms with E-state index in [9.17, 15) is 49.5 Å². The maximum atomic E-state index is 14.6. The fourth-order valence-corrected chi connectivity index (χ4v) is 8.91. The summed E-state index contributed by atoms with van der Waals surface area (Å²) in [7, 11) is -4.01. The third-order valence-corrected chi connectivity index (χ3v) is 12.8. The Kier molecular flexibility index (Phi) is 12.4. The van der Waals surface area contributed by atoms with Gasteiger partial charge in [-0.25, -0.2) is 27.0 Å². The quantitative estimate of drug-likeness (QED) is 0.223. The number of amides is 4. The maximum absolute atomic E-state index is 14.6. The average Bonchev–Trinajstić information content (AvgIpc) is 4.08. The SMILES string of the molecule is C[C@@H]1CC/C=C\C2C[C@@]2(C(=O)NS(=O)(=O)C2CC2)NC(=O)[C@@H]2C[C@@H](Oc3ncc(OCC(F)F)c4ccccc34)CN2C(=O)[C@@H](NC(=O)O[C@H](C)C(F)(F)F)[C@H](C)C1. The van der Waals surface area contributed by atoms with Crippen LogP contribution in [0.2, 0.25) is 0 Å². The van der Waals surface area contributed by atoms with Crippen molar-refractivity contribution >= 4 is 44.6 Å². The van der Waals surface area contributed by atoms with E-state index in [-0.39, 0.29) is 36.9 Å². The zero-order valence-corrected chi connectivity index (χ0v) is 32.8. The van der Waals surface area contributed by atoms with Crippen molar-refractivity contribution in [3.05, 3.63) is 42.6 Å². The number of halogens is 5. The van der Waals surface area contributed by atoms with E-state index in [0.717, 1.165) is 4.90 Å². The van der Waals surface area contributed by atoms with Gasteiger partial charge in [0.05, 0.1) is 18.0 Å². The van der Waals surface area contributed by atoms with Crippen LogP contribution in [-0.2, 0) is 29.1 Å². The van der Waals surface area contributed by atoms with Crippen LogP contribution in [0, 0.1) is 17.8 Å². The number of carbonyl (C=O) groups is 4. The highest BCUT2D eigenvalue weighted by atomic mass is 32.2. The Morgan fingerprint density at radius 1 is 1.09 bits per heavy atom. The van der Waals surface area contributed by atoms with E-state index in [1.54, 1.807) is 37.3 Å². The summed E-state index contributed by atoms with van der Waals surface area (Å²) in [5, 5.41) is 5.05. The van der Waals surface area contributed by atoms with Crippen LogP contribution in [0.4, 0.5) is 26.7 Å². The number of hydrogen-bond acceptors (Lipinski definition) is 10. The highest BCUT2D eigenvalue weighted by Gasteiger charge is 2.62. The minimum atomic E-state index is -4.88. The highest BCUT2D eigenvalue weighted by molar-refractivity contribution is 7.91. The number of fused-ring (bicyclic) bond motifs is 3. The Hall–Kier alpha value is -4.75. The number of carbonyl (C=O) groups excluding carboxylic acids is 4. The van der Waals surface area contributed by atoms with Crippen molar-refractivity contribution in [1.29, 1.82) is 0 Å². The lowest BCUT2D eigenvalue weighted by atomic mass is 9.88. The van der Waals surface area contributed by atoms with Gasteiger partial charge in [0.2, 0.25) is 27.7 Å². The molecule has 58 heavy (non-hydrogen) atoms. The van der Waals surface area contributed by atoms with Gasteiger partial charge in [0.1, 0.15) is 36.1 Å². The molecule has 2 aliphatic heterocycles. The number of pyridine rings is 1. The monoisotopic (exact) mass is 843 g/mol. The van der Waals surface area contributed by atoms with E-state index in [1.165, 1.54) is 6.20 Å². The molecule has 3 N–H and O–H groups in total. The lowest BCUT2D eigenvalue weighted by Gasteiger charge is -2.33. The van der Waals surface area contributed by atoms with Crippen LogP contribution in [0.5, 0.6) is 11.6 Å². The van der Waals surface area contributed by atoms with Crippen molar-refractivity contribution in [2.75, 3.05) is 13.2 Å². The Balaban J connectivity index is 1.34. The highest BCUT2D eigenvalue weighted by Crippen LogP contribution is 2.46. The van der Waals surface area contributed by atoms with Crippen LogP contribution in [0.1, 0.15) is 65.7 Å². The molecule has 2 aliphatic carbocycles. The number of nitrogens with zero attached hydrogens (tertiary/aromatic N) is 2. The number of hydrogen-bond donors (Lipinski definition) is 3. The minimum absolute atomic E-state index is 0.00991. The van der Waals surface area contributed by atoms with Crippen molar-refractivity contribution in [3.63, 3.8) is 0 Å². The molecule has 318 valence electrons. The fourth-order valence-electron chi connectivity index (χ4n) is 7.55. The van der Waals surface area contributed by atoms with E-state index < -0.39 is 100.0 Å². The summed E-state index contributed by atoms with van der Waals surface area (Å²) in [5.41, 5.74) is -1.68. The molecule has 2 saturated carbocycles. The van der Waals surface area contributed by atoms with Gasteiger partial charge in [0.25, 0.3) is 12.3 Å². The molecule has 8 atom stereocenters. The second kappa shape index (κ2) is 16.8. The predicted octanol–water partition coefficient (Wildman–Crippen LogP) is 4.77. The van der Waals surface area contributed by atoms with Gasteiger partial charge in [-0.2, -0.15) is 13.2 Å². The van der Waals surface area contributed by atoms with Gasteiger partial charge < -0.3 is 29.7 Å². The summed E-state index contributed by atoms with van der Waals surface area (Å²) in [4.78, 5) is 61.1. The standard InChI is InChI=1S/C38H46F5N5O9S/c1-20-8-4-5-9-23-16-37(23,35(51)47-58(53,54)25-12-13-25)46-32(49)28-15-24(57-33-27-11-7-6-10-26(27)29(17-44-33)55-19-30(39)40)18-48(28)34(50)31(21(2)14-20)45-36(52)56-22(3)38(41,42)43/h5-7,9-11,17,20-25,28,30-31H,4,8,12-16,18-19H2,1-3H3,(H,45,52)(H,46,49)(H,47,51)/b9-5-/t20-,21-,22-,23?,24-,28+,31+,37-/m1/s1. The first kappa shape index (κ1) is 42.8. The zero-order chi connectivity index (χ0) is 42.2. The van der Waals surface area contributed by atoms with Crippen molar-refractivity contribution in [3.8, 4) is 11.6 Å². The second-order valence-corrected chi connectivity index (χ2v) is 17.6. The van der Waals surface area contributed by atoms with Crippen LogP contribution in [0.25, 0.3) is 10.8 Å². The topological polar surface area (TPSA) is 182 Å². The van der Waals surface area contributed by atoms with Crippen LogP contribution in [-0.4, -0.2) is 103 Å². The number of sulfonamides is 1. The van der Waals surface area contributed by atoms with Gasteiger partial charge in [-0.3, -0.25) is 19.1 Å². The van der Waals surface area contributed by atoms with E-state index in [1.807, 2.05) is 13.0 Å². The molecule has 3 heterocycles. The van der Waals surface area contributed by atoms with Gasteiger partial charge in [-0.05, 0) is 63.4 Å². The molecule has 4 aliphatic rings. The lowest BCUT2D eigenvalue weighted by Crippen LogP contribution is -2.59. The molecule has 14 nitrogen and oxygen atoms in total. The van der Waals surface area contributed by atoms with Gasteiger partial charge in [-0.1, -0.05) is 44.2 Å². The molecule has 0 radical (unpaired) electrons. The van der Waals surface area contributed by atoms with Gasteiger partial charge in [-0.15, -0.1) is 0 Å². The van der Waals surface area contributed by atoms with Crippen LogP contribution >= 0.6 is 0 Å². The molecular formula is C38H46F5N5O9S. The second-order valence-electron chi connectivity index (χ2n) is 15.6. The molecular weight excluding hydrogens is 798 g/mol. The summed E-state index contributed by atoms with van der Waals surface area (Å²) >= 11 is 0. The van der Waals surface area contributed by atoms with Crippen molar-refractivity contribution in [1.82, 2.24) is 25.2 Å². The Morgan fingerprint density at radius 2 is 1.79 bits per heavy atom. The Labute approximate surface area is 331 Å². The predicted molar refractivity (Wildman–Crippen MR) is 197 cm³/mol. The van der Waals surface area contributed by atoms with E-state index in [4.69, 9.17) is 9.47 Å². The number of alkyl carbamates (subject to hydrolysis) is 1. The Morgan fingerprint density at radius 3 is 2.47 bits per heavy atom. The molecule has 6 rings (SSSR count). The number of ether oxygens (including phenoxy) is 3. The smallest absolute Gasteiger partial charge is 0.425 e. The van der Waals surface area contributed by atoms with Gasteiger partial charge >= 0.3 is 12.3 Å². The van der Waals surface area contributed by atoms with E-state index >= 15 is 0 Å². The molecule has 3 fully saturated rings. The van der Waals surface area contributed by atoms with Crippen LogP contribution < -0.4 is 24.8 Å². The number of alkyl halides is 5. The number of rotatable bonds is 10. The largest absolute Gasteiger partial charge is 0.485 e. The summed E-state index contributed by atoms with van der Waals surface area (Å²) in [6, 6.07) is 3.63. The van der Waals surface area contributed by atoms with Crippen LogP contribution in [0.15, 0.2) is 42.6 Å². The molecule has 2 aromatic rings. The molecule has 4 amide bonds. The van der Waals surface area contributed by atoms with Crippen molar-refractivity contribution in [2.45, 2.75) is 113 Å².